The van der Waals surface area contributed by atoms with Crippen LogP contribution in [0.4, 0.5) is 13.2 Å². The quantitative estimate of drug-likeness (QED) is 0.709. The fourth-order valence-electron chi connectivity index (χ4n) is 1.95. The van der Waals surface area contributed by atoms with Crippen LogP contribution in [-0.2, 0) is 12.5 Å². The van der Waals surface area contributed by atoms with E-state index >= 15 is 0 Å². The number of rotatable bonds is 1. The summed E-state index contributed by atoms with van der Waals surface area (Å²) >= 11 is 0. The third kappa shape index (κ3) is 1.53. The summed E-state index contributed by atoms with van der Waals surface area (Å²) in [6.45, 7) is 3.68. The van der Waals surface area contributed by atoms with E-state index in [-0.39, 0.29) is 11.1 Å². The van der Waals surface area contributed by atoms with Gasteiger partial charge in [0.05, 0.1) is 0 Å². The zero-order valence-corrected chi connectivity index (χ0v) is 8.57. The van der Waals surface area contributed by atoms with Crippen LogP contribution in [0.2, 0.25) is 0 Å². The predicted octanol–water partition coefficient (Wildman–Crippen LogP) is 3.18. The van der Waals surface area contributed by atoms with Gasteiger partial charge >= 0.3 is 6.05 Å². The first-order valence-electron chi connectivity index (χ1n) is 4.89. The van der Waals surface area contributed by atoms with E-state index in [1.54, 1.807) is 12.2 Å². The maximum absolute atomic E-state index is 13.3. The monoisotopic (exact) mass is 215 g/mol. The summed E-state index contributed by atoms with van der Waals surface area (Å²) in [7, 11) is 0. The Morgan fingerprint density at radius 1 is 1.40 bits per heavy atom. The average Bonchev–Trinajstić information content (AvgIpc) is 2.36. The molecule has 1 unspecified atom stereocenters. The zero-order chi connectivity index (χ0) is 11.2. The first-order valence-corrected chi connectivity index (χ1v) is 4.89. The number of benzene rings is 1. The lowest BCUT2D eigenvalue weighted by atomic mass is 9.98. The second-order valence-corrected chi connectivity index (χ2v) is 3.80. The Morgan fingerprint density at radius 3 is 2.67 bits per heavy atom. The minimum Gasteiger partial charge on any atom is -0.225 e. The Morgan fingerprint density at radius 2 is 2.07 bits per heavy atom. The van der Waals surface area contributed by atoms with Gasteiger partial charge in [0.1, 0.15) is 0 Å². The molecule has 1 heterocycles. The fourth-order valence-corrected chi connectivity index (χ4v) is 1.95. The molecule has 0 saturated heterocycles. The van der Waals surface area contributed by atoms with Crippen LogP contribution in [0.3, 0.4) is 0 Å². The van der Waals surface area contributed by atoms with Crippen LogP contribution in [0, 0.1) is 6.92 Å². The van der Waals surface area contributed by atoms with Crippen molar-refractivity contribution < 1.29 is 13.2 Å². The van der Waals surface area contributed by atoms with Crippen LogP contribution >= 0.6 is 0 Å². The molecule has 1 atom stereocenters. The molecule has 0 saturated carbocycles. The summed E-state index contributed by atoms with van der Waals surface area (Å²) in [5.74, 6) is 0. The minimum absolute atomic E-state index is 0.0717. The highest BCUT2D eigenvalue weighted by molar-refractivity contribution is 5.43. The number of aryl methyl sites for hydroxylation is 2. The standard InChI is InChI=1S/C11H12F3N/c1-3-7-5-8-9(4-6(7)2)11(13,14)15-10(8)12/h4-5,10,15H,3H2,1-2H3. The van der Waals surface area contributed by atoms with Crippen LogP contribution in [0.15, 0.2) is 12.1 Å². The molecule has 1 aliphatic heterocycles. The summed E-state index contributed by atoms with van der Waals surface area (Å²) in [5.41, 5.74) is 1.54. The Kier molecular flexibility index (Phi) is 2.26. The Balaban J connectivity index is 2.60. The lowest BCUT2D eigenvalue weighted by molar-refractivity contribution is -0.0505. The molecule has 0 spiro atoms. The smallest absolute Gasteiger partial charge is 0.225 e. The van der Waals surface area contributed by atoms with Crippen LogP contribution in [-0.4, -0.2) is 0 Å². The molecule has 0 fully saturated rings. The third-order valence-corrected chi connectivity index (χ3v) is 2.81. The molecule has 1 nitrogen and oxygen atoms in total. The normalized spacial score (nSPS) is 22.9. The van der Waals surface area contributed by atoms with Crippen molar-refractivity contribution >= 4 is 0 Å². The van der Waals surface area contributed by atoms with Gasteiger partial charge in [0.2, 0.25) is 0 Å². The Hall–Kier alpha value is -1.03. The van der Waals surface area contributed by atoms with Gasteiger partial charge in [0, 0.05) is 11.1 Å². The van der Waals surface area contributed by atoms with Crippen molar-refractivity contribution in [3.8, 4) is 0 Å². The maximum Gasteiger partial charge on any atom is 0.332 e. The summed E-state index contributed by atoms with van der Waals surface area (Å²) in [5, 5.41) is 1.64. The second kappa shape index (κ2) is 3.23. The number of hydrogen-bond acceptors (Lipinski definition) is 1. The van der Waals surface area contributed by atoms with E-state index in [0.29, 0.717) is 0 Å². The van der Waals surface area contributed by atoms with Crippen molar-refractivity contribution in [2.75, 3.05) is 0 Å². The first kappa shape index (κ1) is 10.5. The van der Waals surface area contributed by atoms with E-state index < -0.39 is 12.3 Å². The number of fused-ring (bicyclic) bond motifs is 1. The van der Waals surface area contributed by atoms with E-state index in [4.69, 9.17) is 0 Å². The topological polar surface area (TPSA) is 12.0 Å². The summed E-state index contributed by atoms with van der Waals surface area (Å²) < 4.78 is 39.8. The maximum atomic E-state index is 13.3. The molecule has 0 bridgehead atoms. The van der Waals surface area contributed by atoms with Gasteiger partial charge in [0.25, 0.3) is 0 Å². The van der Waals surface area contributed by atoms with Gasteiger partial charge in [-0.1, -0.05) is 13.0 Å². The lowest BCUT2D eigenvalue weighted by Gasteiger charge is -2.11. The molecule has 0 aliphatic carbocycles. The highest BCUT2D eigenvalue weighted by Gasteiger charge is 2.44. The highest BCUT2D eigenvalue weighted by atomic mass is 19.3. The summed E-state index contributed by atoms with van der Waals surface area (Å²) in [6, 6.07) is -0.338. The van der Waals surface area contributed by atoms with Gasteiger partial charge in [-0.25, -0.2) is 9.71 Å². The van der Waals surface area contributed by atoms with Gasteiger partial charge in [-0.3, -0.25) is 0 Å². The van der Waals surface area contributed by atoms with Gasteiger partial charge in [-0.15, -0.1) is 0 Å². The predicted molar refractivity (Wildman–Crippen MR) is 51.4 cm³/mol. The summed E-state index contributed by atoms with van der Waals surface area (Å²) in [6.07, 6.45) is -1.04. The molecular weight excluding hydrogens is 203 g/mol. The van der Waals surface area contributed by atoms with E-state index in [1.807, 2.05) is 6.92 Å². The summed E-state index contributed by atoms with van der Waals surface area (Å²) in [4.78, 5) is 0. The van der Waals surface area contributed by atoms with E-state index in [1.165, 1.54) is 12.1 Å². The number of alkyl halides is 3. The van der Waals surface area contributed by atoms with Crippen LogP contribution in [0.5, 0.6) is 0 Å². The van der Waals surface area contributed by atoms with Gasteiger partial charge in [-0.05, 0) is 30.5 Å². The van der Waals surface area contributed by atoms with Crippen molar-refractivity contribution in [3.63, 3.8) is 0 Å². The molecule has 1 aromatic carbocycles. The van der Waals surface area contributed by atoms with Gasteiger partial charge in [-0.2, -0.15) is 8.78 Å². The minimum atomic E-state index is -3.24. The Labute approximate surface area is 86.3 Å². The van der Waals surface area contributed by atoms with E-state index in [9.17, 15) is 13.2 Å². The second-order valence-electron chi connectivity index (χ2n) is 3.80. The van der Waals surface area contributed by atoms with E-state index in [2.05, 4.69) is 0 Å². The lowest BCUT2D eigenvalue weighted by Crippen LogP contribution is -2.27. The molecule has 1 N–H and O–H groups in total. The SMILES string of the molecule is CCc1cc2c(cc1C)C(F)(F)NC2F. The van der Waals surface area contributed by atoms with Crippen LogP contribution in [0.1, 0.15) is 35.5 Å². The number of hydrogen-bond donors (Lipinski definition) is 1. The largest absolute Gasteiger partial charge is 0.332 e. The van der Waals surface area contributed by atoms with Crippen molar-refractivity contribution in [2.24, 2.45) is 0 Å². The van der Waals surface area contributed by atoms with Crippen LogP contribution < -0.4 is 5.32 Å². The average molecular weight is 215 g/mol. The van der Waals surface area contributed by atoms with Gasteiger partial charge < -0.3 is 0 Å². The van der Waals surface area contributed by atoms with Crippen LogP contribution in [0.25, 0.3) is 0 Å². The molecule has 15 heavy (non-hydrogen) atoms. The first-order chi connectivity index (χ1) is 6.95. The van der Waals surface area contributed by atoms with Gasteiger partial charge in [0.15, 0.2) is 6.30 Å². The van der Waals surface area contributed by atoms with Crippen molar-refractivity contribution in [1.82, 2.24) is 5.32 Å². The fraction of sp³-hybridized carbons (Fsp3) is 0.455. The molecule has 82 valence electrons. The Bertz CT molecular complexity index is 401. The number of nitrogens with one attached hydrogen (secondary N) is 1. The highest BCUT2D eigenvalue weighted by Crippen LogP contribution is 2.41. The third-order valence-electron chi connectivity index (χ3n) is 2.81. The molecular formula is C11H12F3N. The molecule has 4 heteroatoms. The van der Waals surface area contributed by atoms with E-state index in [0.717, 1.165) is 17.5 Å². The molecule has 1 aromatic rings. The molecule has 0 aromatic heterocycles. The molecule has 0 radical (unpaired) electrons. The molecule has 0 amide bonds. The molecule has 2 rings (SSSR count). The molecule has 1 aliphatic rings. The van der Waals surface area contributed by atoms with Crippen molar-refractivity contribution in [2.45, 2.75) is 32.6 Å². The van der Waals surface area contributed by atoms with Crippen molar-refractivity contribution in [3.05, 3.63) is 34.4 Å². The zero-order valence-electron chi connectivity index (χ0n) is 8.57. The van der Waals surface area contributed by atoms with Crippen molar-refractivity contribution in [1.29, 1.82) is 0 Å². The number of halogens is 3.